The fourth-order valence-corrected chi connectivity index (χ4v) is 2.33. The second-order valence-corrected chi connectivity index (χ2v) is 5.78. The zero-order chi connectivity index (χ0) is 18.9. The monoisotopic (exact) mass is 357 g/mol. The lowest BCUT2D eigenvalue weighted by Crippen LogP contribution is -2.31. The maximum absolute atomic E-state index is 12.1. The van der Waals surface area contributed by atoms with Gasteiger partial charge in [0.05, 0.1) is 7.11 Å². The SMILES string of the molecule is COc1ccccc1CN(C)C(=O)COC(=O)COc1ccccc1C. The smallest absolute Gasteiger partial charge is 0.344 e. The molecule has 2 rings (SSSR count). The normalized spacial score (nSPS) is 10.1. The first-order valence-electron chi connectivity index (χ1n) is 8.21. The van der Waals surface area contributed by atoms with E-state index in [0.717, 1.165) is 11.1 Å². The summed E-state index contributed by atoms with van der Waals surface area (Å²) in [6.45, 7) is 1.67. The van der Waals surface area contributed by atoms with Crippen molar-refractivity contribution < 1.29 is 23.8 Å². The molecule has 0 aliphatic heterocycles. The quantitative estimate of drug-likeness (QED) is 0.680. The predicted octanol–water partition coefficient (Wildman–Crippen LogP) is 2.58. The summed E-state index contributed by atoms with van der Waals surface area (Å²) in [5, 5.41) is 0. The fraction of sp³-hybridized carbons (Fsp3) is 0.300. The average molecular weight is 357 g/mol. The Morgan fingerprint density at radius 3 is 2.31 bits per heavy atom. The summed E-state index contributed by atoms with van der Waals surface area (Å²) in [5.74, 6) is 0.423. The first-order valence-corrected chi connectivity index (χ1v) is 8.21. The minimum absolute atomic E-state index is 0.242. The molecule has 0 bridgehead atoms. The summed E-state index contributed by atoms with van der Waals surface area (Å²) in [4.78, 5) is 25.4. The van der Waals surface area contributed by atoms with Gasteiger partial charge in [0.2, 0.25) is 0 Å². The van der Waals surface area contributed by atoms with E-state index in [4.69, 9.17) is 14.2 Å². The summed E-state index contributed by atoms with van der Waals surface area (Å²) in [6, 6.07) is 14.8. The molecule has 0 aliphatic carbocycles. The van der Waals surface area contributed by atoms with Gasteiger partial charge < -0.3 is 19.1 Å². The van der Waals surface area contributed by atoms with E-state index in [9.17, 15) is 9.59 Å². The fourth-order valence-electron chi connectivity index (χ4n) is 2.33. The zero-order valence-electron chi connectivity index (χ0n) is 15.2. The minimum Gasteiger partial charge on any atom is -0.496 e. The molecule has 0 radical (unpaired) electrons. The Balaban J connectivity index is 1.78. The molecule has 0 saturated heterocycles. The summed E-state index contributed by atoms with van der Waals surface area (Å²) in [5.41, 5.74) is 1.80. The van der Waals surface area contributed by atoms with Crippen molar-refractivity contribution in [3.63, 3.8) is 0 Å². The largest absolute Gasteiger partial charge is 0.496 e. The van der Waals surface area contributed by atoms with E-state index in [1.807, 2.05) is 49.4 Å². The molecule has 0 unspecified atom stereocenters. The predicted molar refractivity (Wildman–Crippen MR) is 97.1 cm³/mol. The Hall–Kier alpha value is -3.02. The van der Waals surface area contributed by atoms with Gasteiger partial charge in [-0.3, -0.25) is 4.79 Å². The van der Waals surface area contributed by atoms with E-state index in [0.29, 0.717) is 18.0 Å². The van der Waals surface area contributed by atoms with Crippen molar-refractivity contribution in [3.8, 4) is 11.5 Å². The van der Waals surface area contributed by atoms with Gasteiger partial charge in [0.15, 0.2) is 13.2 Å². The van der Waals surface area contributed by atoms with Crippen molar-refractivity contribution in [1.82, 2.24) is 4.90 Å². The highest BCUT2D eigenvalue weighted by molar-refractivity contribution is 5.80. The molecular weight excluding hydrogens is 334 g/mol. The Morgan fingerprint density at radius 1 is 0.962 bits per heavy atom. The van der Waals surface area contributed by atoms with Crippen LogP contribution >= 0.6 is 0 Å². The number of carbonyl (C=O) groups excluding carboxylic acids is 2. The van der Waals surface area contributed by atoms with E-state index in [-0.39, 0.29) is 19.1 Å². The van der Waals surface area contributed by atoms with Crippen molar-refractivity contribution in [2.75, 3.05) is 27.4 Å². The molecule has 0 aromatic heterocycles. The number of esters is 1. The summed E-state index contributed by atoms with van der Waals surface area (Å²) < 4.78 is 15.7. The van der Waals surface area contributed by atoms with Crippen LogP contribution in [-0.4, -0.2) is 44.1 Å². The standard InChI is InChI=1S/C20H23NO5/c1-15-8-4-6-10-17(15)25-14-20(23)26-13-19(22)21(2)12-16-9-5-7-11-18(16)24-3/h4-11H,12-14H2,1-3H3. The number of nitrogens with zero attached hydrogens (tertiary/aromatic N) is 1. The zero-order valence-corrected chi connectivity index (χ0v) is 15.2. The number of para-hydroxylation sites is 2. The number of benzene rings is 2. The van der Waals surface area contributed by atoms with E-state index < -0.39 is 5.97 Å². The number of likely N-dealkylation sites (N-methyl/N-ethyl adjacent to an activating group) is 1. The second-order valence-electron chi connectivity index (χ2n) is 5.78. The Labute approximate surface area is 153 Å². The van der Waals surface area contributed by atoms with Gasteiger partial charge in [0, 0.05) is 19.2 Å². The van der Waals surface area contributed by atoms with Crippen LogP contribution in [-0.2, 0) is 20.9 Å². The lowest BCUT2D eigenvalue weighted by atomic mass is 10.2. The van der Waals surface area contributed by atoms with Crippen LogP contribution in [0.25, 0.3) is 0 Å². The number of amides is 1. The van der Waals surface area contributed by atoms with Gasteiger partial charge in [-0.15, -0.1) is 0 Å². The first-order chi connectivity index (χ1) is 12.5. The molecule has 6 heteroatoms. The molecule has 6 nitrogen and oxygen atoms in total. The maximum atomic E-state index is 12.1. The van der Waals surface area contributed by atoms with Crippen LogP contribution in [0.3, 0.4) is 0 Å². The molecule has 2 aromatic carbocycles. The molecular formula is C20H23NO5. The van der Waals surface area contributed by atoms with Crippen LogP contribution in [0.4, 0.5) is 0 Å². The number of ether oxygens (including phenoxy) is 3. The summed E-state index contributed by atoms with van der Waals surface area (Å²) in [7, 11) is 3.23. The van der Waals surface area contributed by atoms with E-state index in [2.05, 4.69) is 0 Å². The van der Waals surface area contributed by atoms with Crippen molar-refractivity contribution in [1.29, 1.82) is 0 Å². The molecule has 0 fully saturated rings. The van der Waals surface area contributed by atoms with Crippen LogP contribution in [0.5, 0.6) is 11.5 Å². The highest BCUT2D eigenvalue weighted by atomic mass is 16.6. The first kappa shape index (κ1) is 19.3. The molecule has 2 aromatic rings. The summed E-state index contributed by atoms with van der Waals surface area (Å²) >= 11 is 0. The highest BCUT2D eigenvalue weighted by Gasteiger charge is 2.14. The van der Waals surface area contributed by atoms with Gasteiger partial charge in [-0.05, 0) is 24.6 Å². The van der Waals surface area contributed by atoms with Crippen LogP contribution < -0.4 is 9.47 Å². The molecule has 0 atom stereocenters. The van der Waals surface area contributed by atoms with Crippen molar-refractivity contribution in [3.05, 3.63) is 59.7 Å². The van der Waals surface area contributed by atoms with Gasteiger partial charge in [0.1, 0.15) is 11.5 Å². The van der Waals surface area contributed by atoms with Gasteiger partial charge in [-0.1, -0.05) is 36.4 Å². The molecule has 26 heavy (non-hydrogen) atoms. The van der Waals surface area contributed by atoms with Gasteiger partial charge in [-0.25, -0.2) is 4.79 Å². The Bertz CT molecular complexity index is 759. The average Bonchev–Trinajstić information content (AvgIpc) is 2.65. The molecule has 0 aliphatic rings. The Morgan fingerprint density at radius 2 is 1.62 bits per heavy atom. The number of aryl methyl sites for hydroxylation is 1. The van der Waals surface area contributed by atoms with Crippen LogP contribution in [0, 0.1) is 6.92 Å². The minimum atomic E-state index is -0.590. The molecule has 0 heterocycles. The lowest BCUT2D eigenvalue weighted by molar-refractivity contribution is -0.153. The van der Waals surface area contributed by atoms with Crippen molar-refractivity contribution >= 4 is 11.9 Å². The van der Waals surface area contributed by atoms with Crippen molar-refractivity contribution in [2.45, 2.75) is 13.5 Å². The lowest BCUT2D eigenvalue weighted by Gasteiger charge is -2.18. The van der Waals surface area contributed by atoms with E-state index in [1.54, 1.807) is 20.2 Å². The molecule has 0 saturated carbocycles. The number of hydrogen-bond donors (Lipinski definition) is 0. The third-order valence-corrected chi connectivity index (χ3v) is 3.82. The number of hydrogen-bond acceptors (Lipinski definition) is 5. The van der Waals surface area contributed by atoms with E-state index in [1.165, 1.54) is 4.90 Å². The van der Waals surface area contributed by atoms with E-state index >= 15 is 0 Å². The number of rotatable bonds is 8. The second kappa shape index (κ2) is 9.46. The third kappa shape index (κ3) is 5.51. The van der Waals surface area contributed by atoms with Gasteiger partial charge in [-0.2, -0.15) is 0 Å². The maximum Gasteiger partial charge on any atom is 0.344 e. The third-order valence-electron chi connectivity index (χ3n) is 3.82. The van der Waals surface area contributed by atoms with Gasteiger partial charge >= 0.3 is 5.97 Å². The van der Waals surface area contributed by atoms with Crippen LogP contribution in [0.1, 0.15) is 11.1 Å². The van der Waals surface area contributed by atoms with Gasteiger partial charge in [0.25, 0.3) is 5.91 Å². The molecule has 1 amide bonds. The molecule has 138 valence electrons. The molecule has 0 N–H and O–H groups in total. The number of methoxy groups -OCH3 is 1. The number of carbonyl (C=O) groups is 2. The van der Waals surface area contributed by atoms with Crippen LogP contribution in [0.2, 0.25) is 0 Å². The Kier molecular flexibility index (Phi) is 7.02. The highest BCUT2D eigenvalue weighted by Crippen LogP contribution is 2.19. The topological polar surface area (TPSA) is 65.1 Å². The summed E-state index contributed by atoms with van der Waals surface area (Å²) in [6.07, 6.45) is 0. The van der Waals surface area contributed by atoms with Crippen LogP contribution in [0.15, 0.2) is 48.5 Å². The van der Waals surface area contributed by atoms with Crippen molar-refractivity contribution in [2.24, 2.45) is 0 Å². The molecule has 0 spiro atoms.